The molecule has 1 aromatic carbocycles. The average molecular weight is 448 g/mol. The summed E-state index contributed by atoms with van der Waals surface area (Å²) in [5, 5.41) is 5.30. The Labute approximate surface area is 185 Å². The number of amides is 4. The minimum absolute atomic E-state index is 0.0801. The van der Waals surface area contributed by atoms with Gasteiger partial charge in [0.1, 0.15) is 6.04 Å². The Kier molecular flexibility index (Phi) is 8.68. The van der Waals surface area contributed by atoms with Crippen molar-refractivity contribution in [3.63, 3.8) is 0 Å². The molecule has 1 saturated heterocycles. The number of hydrogen-bond acceptors (Lipinski definition) is 9. The SMILES string of the molecule is NCCOCCOCCOCCNc1cccc2c1C(=O)N([C@H]1CCC(=O)NC1=O)C2=O. The van der Waals surface area contributed by atoms with Crippen LogP contribution in [0.15, 0.2) is 18.2 Å². The normalized spacial score (nSPS) is 18.2. The summed E-state index contributed by atoms with van der Waals surface area (Å²) >= 11 is 0. The van der Waals surface area contributed by atoms with Crippen molar-refractivity contribution in [2.75, 3.05) is 58.0 Å². The third kappa shape index (κ3) is 5.68. The second-order valence-corrected chi connectivity index (χ2v) is 7.23. The molecule has 11 nitrogen and oxygen atoms in total. The van der Waals surface area contributed by atoms with Crippen molar-refractivity contribution in [2.24, 2.45) is 5.73 Å². The van der Waals surface area contributed by atoms with Crippen LogP contribution in [0.3, 0.4) is 0 Å². The fourth-order valence-electron chi connectivity index (χ4n) is 3.55. The second-order valence-electron chi connectivity index (χ2n) is 7.23. The highest BCUT2D eigenvalue weighted by molar-refractivity contribution is 6.25. The van der Waals surface area contributed by atoms with Crippen LogP contribution in [0.4, 0.5) is 5.69 Å². The molecular formula is C21H28N4O7. The van der Waals surface area contributed by atoms with Crippen molar-refractivity contribution in [3.8, 4) is 0 Å². The number of nitrogens with zero attached hydrogens (tertiary/aromatic N) is 1. The van der Waals surface area contributed by atoms with Gasteiger partial charge < -0.3 is 25.3 Å². The monoisotopic (exact) mass is 448 g/mol. The van der Waals surface area contributed by atoms with Crippen molar-refractivity contribution in [3.05, 3.63) is 29.3 Å². The molecule has 1 atom stereocenters. The van der Waals surface area contributed by atoms with Gasteiger partial charge in [-0.2, -0.15) is 0 Å². The number of ether oxygens (including phenoxy) is 3. The fourth-order valence-corrected chi connectivity index (χ4v) is 3.55. The first-order valence-electron chi connectivity index (χ1n) is 10.6. The summed E-state index contributed by atoms with van der Waals surface area (Å²) in [6, 6.07) is 3.93. The number of carbonyl (C=O) groups is 4. The average Bonchev–Trinajstić information content (AvgIpc) is 3.03. The summed E-state index contributed by atoms with van der Waals surface area (Å²) in [5.74, 6) is -2.12. The number of fused-ring (bicyclic) bond motifs is 1. The Morgan fingerprint density at radius 2 is 1.66 bits per heavy atom. The number of rotatable bonds is 13. The van der Waals surface area contributed by atoms with E-state index in [9.17, 15) is 19.2 Å². The summed E-state index contributed by atoms with van der Waals surface area (Å²) in [5.41, 5.74) is 6.27. The first-order valence-corrected chi connectivity index (χ1v) is 10.6. The molecule has 0 unspecified atom stereocenters. The van der Waals surface area contributed by atoms with Crippen LogP contribution in [-0.4, -0.2) is 87.3 Å². The van der Waals surface area contributed by atoms with Crippen LogP contribution in [0, 0.1) is 0 Å². The van der Waals surface area contributed by atoms with Crippen LogP contribution in [0.5, 0.6) is 0 Å². The van der Waals surface area contributed by atoms with Gasteiger partial charge in [0.2, 0.25) is 11.8 Å². The Hall–Kier alpha value is -2.86. The molecule has 174 valence electrons. The molecule has 3 rings (SSSR count). The van der Waals surface area contributed by atoms with Crippen LogP contribution in [0.2, 0.25) is 0 Å². The maximum atomic E-state index is 13.0. The zero-order valence-corrected chi connectivity index (χ0v) is 17.8. The van der Waals surface area contributed by atoms with E-state index in [4.69, 9.17) is 19.9 Å². The summed E-state index contributed by atoms with van der Waals surface area (Å²) in [6.07, 6.45) is 0.199. The Balaban J connectivity index is 1.47. The topological polar surface area (TPSA) is 149 Å². The predicted octanol–water partition coefficient (Wildman–Crippen LogP) is -0.492. The van der Waals surface area contributed by atoms with E-state index in [0.717, 1.165) is 4.90 Å². The maximum Gasteiger partial charge on any atom is 0.264 e. The molecule has 2 aliphatic rings. The van der Waals surface area contributed by atoms with Crippen molar-refractivity contribution in [1.82, 2.24) is 10.2 Å². The number of carbonyl (C=O) groups excluding carboxylic acids is 4. The van der Waals surface area contributed by atoms with Gasteiger partial charge in [0.25, 0.3) is 11.8 Å². The van der Waals surface area contributed by atoms with E-state index in [1.165, 1.54) is 0 Å². The summed E-state index contributed by atoms with van der Waals surface area (Å²) in [6.45, 7) is 3.57. The highest BCUT2D eigenvalue weighted by Crippen LogP contribution is 2.32. The number of imide groups is 2. The van der Waals surface area contributed by atoms with Crippen LogP contribution in [-0.2, 0) is 23.8 Å². The molecule has 0 saturated carbocycles. The largest absolute Gasteiger partial charge is 0.382 e. The molecular weight excluding hydrogens is 420 g/mol. The van der Waals surface area contributed by atoms with Gasteiger partial charge >= 0.3 is 0 Å². The van der Waals surface area contributed by atoms with Gasteiger partial charge in [-0.05, 0) is 18.6 Å². The van der Waals surface area contributed by atoms with Crippen LogP contribution >= 0.6 is 0 Å². The highest BCUT2D eigenvalue weighted by atomic mass is 16.5. The second kappa shape index (κ2) is 11.7. The molecule has 11 heteroatoms. The van der Waals surface area contributed by atoms with Crippen LogP contribution in [0.1, 0.15) is 33.6 Å². The standard InChI is InChI=1S/C21H28N4O7/c22-6-8-30-10-12-32-13-11-31-9-7-23-15-3-1-2-14-18(15)21(29)25(20(14)28)16-4-5-17(26)24-19(16)27/h1-3,16,23H,4-13,22H2,(H,24,26,27)/t16-/m0/s1. The number of nitrogens with one attached hydrogen (secondary N) is 2. The van der Waals surface area contributed by atoms with E-state index in [2.05, 4.69) is 10.6 Å². The lowest BCUT2D eigenvalue weighted by Gasteiger charge is -2.27. The van der Waals surface area contributed by atoms with Crippen molar-refractivity contribution >= 4 is 29.3 Å². The van der Waals surface area contributed by atoms with Gasteiger partial charge in [0.05, 0.1) is 50.8 Å². The van der Waals surface area contributed by atoms with Crippen molar-refractivity contribution in [2.45, 2.75) is 18.9 Å². The van der Waals surface area contributed by atoms with E-state index in [1.807, 2.05) is 0 Å². The lowest BCUT2D eigenvalue weighted by atomic mass is 10.0. The third-order valence-corrected chi connectivity index (χ3v) is 5.04. The zero-order valence-electron chi connectivity index (χ0n) is 17.8. The van der Waals surface area contributed by atoms with Crippen molar-refractivity contribution in [1.29, 1.82) is 0 Å². The first-order chi connectivity index (χ1) is 15.5. The van der Waals surface area contributed by atoms with Gasteiger partial charge in [-0.3, -0.25) is 29.4 Å². The van der Waals surface area contributed by atoms with E-state index < -0.39 is 29.7 Å². The predicted molar refractivity (Wildman–Crippen MR) is 113 cm³/mol. The van der Waals surface area contributed by atoms with Crippen LogP contribution < -0.4 is 16.4 Å². The van der Waals surface area contributed by atoms with Crippen molar-refractivity contribution < 1.29 is 33.4 Å². The Morgan fingerprint density at radius 1 is 0.969 bits per heavy atom. The summed E-state index contributed by atoms with van der Waals surface area (Å²) in [4.78, 5) is 50.3. The molecule has 4 N–H and O–H groups in total. The molecule has 2 heterocycles. The van der Waals surface area contributed by atoms with Gasteiger partial charge in [0.15, 0.2) is 0 Å². The number of nitrogens with two attached hydrogens (primary N) is 1. The molecule has 2 aliphatic heterocycles. The number of hydrogen-bond donors (Lipinski definition) is 3. The van der Waals surface area contributed by atoms with Gasteiger partial charge in [0, 0.05) is 25.2 Å². The number of benzene rings is 1. The number of anilines is 1. The Bertz CT molecular complexity index is 861. The van der Waals surface area contributed by atoms with E-state index >= 15 is 0 Å². The minimum Gasteiger partial charge on any atom is -0.382 e. The molecule has 32 heavy (non-hydrogen) atoms. The number of piperidine rings is 1. The lowest BCUT2D eigenvalue weighted by molar-refractivity contribution is -0.136. The quantitative estimate of drug-likeness (QED) is 0.268. The molecule has 4 amide bonds. The van der Waals surface area contributed by atoms with Gasteiger partial charge in [-0.15, -0.1) is 0 Å². The van der Waals surface area contributed by atoms with E-state index in [1.54, 1.807) is 18.2 Å². The fraction of sp³-hybridized carbons (Fsp3) is 0.524. The lowest BCUT2D eigenvalue weighted by Crippen LogP contribution is -2.54. The Morgan fingerprint density at radius 3 is 2.34 bits per heavy atom. The third-order valence-electron chi connectivity index (χ3n) is 5.04. The maximum absolute atomic E-state index is 13.0. The van der Waals surface area contributed by atoms with Gasteiger partial charge in [-0.1, -0.05) is 6.07 Å². The molecule has 1 fully saturated rings. The molecule has 0 spiro atoms. The van der Waals surface area contributed by atoms with Gasteiger partial charge in [-0.25, -0.2) is 0 Å². The first kappa shape index (κ1) is 23.8. The summed E-state index contributed by atoms with van der Waals surface area (Å²) < 4.78 is 16.1. The molecule has 1 aromatic rings. The van der Waals surface area contributed by atoms with Crippen LogP contribution in [0.25, 0.3) is 0 Å². The smallest absolute Gasteiger partial charge is 0.264 e. The minimum atomic E-state index is -0.989. The zero-order chi connectivity index (χ0) is 22.9. The highest BCUT2D eigenvalue weighted by Gasteiger charge is 2.45. The van der Waals surface area contributed by atoms with E-state index in [0.29, 0.717) is 58.4 Å². The summed E-state index contributed by atoms with van der Waals surface area (Å²) in [7, 11) is 0. The molecule has 0 radical (unpaired) electrons. The molecule has 0 aliphatic carbocycles. The molecule has 0 aromatic heterocycles. The van der Waals surface area contributed by atoms with E-state index in [-0.39, 0.29) is 24.0 Å². The molecule has 0 bridgehead atoms.